The van der Waals surface area contributed by atoms with Crippen LogP contribution in [-0.4, -0.2) is 53.1 Å². The molecule has 2 aliphatic rings. The van der Waals surface area contributed by atoms with E-state index in [9.17, 15) is 5.11 Å². The summed E-state index contributed by atoms with van der Waals surface area (Å²) in [6.07, 6.45) is 4.26. The summed E-state index contributed by atoms with van der Waals surface area (Å²) in [7, 11) is 2.24. The molecule has 2 rings (SSSR count). The average Bonchev–Trinajstić information content (AvgIpc) is 2.31. The normalized spacial score (nSPS) is 49.6. The van der Waals surface area contributed by atoms with Gasteiger partial charge in [-0.1, -0.05) is 0 Å². The van der Waals surface area contributed by atoms with Gasteiger partial charge in [0.1, 0.15) is 6.54 Å². The molecule has 0 aliphatic carbocycles. The number of aliphatic hydroxyl groups excluding tert-OH is 2. The molecule has 0 aromatic heterocycles. The Morgan fingerprint density at radius 1 is 1.23 bits per heavy atom. The molecule has 3 heteroatoms. The number of rotatable bonds is 2. The molecule has 2 heterocycles. The summed E-state index contributed by atoms with van der Waals surface area (Å²) in [6, 6.07) is 1.20. The van der Waals surface area contributed by atoms with Gasteiger partial charge in [0, 0.05) is 25.7 Å². The summed E-state index contributed by atoms with van der Waals surface area (Å²) in [6.45, 7) is 1.14. The van der Waals surface area contributed by atoms with Gasteiger partial charge < -0.3 is 14.7 Å². The smallest absolute Gasteiger partial charge is 0.102 e. The summed E-state index contributed by atoms with van der Waals surface area (Å²) >= 11 is 0. The molecule has 0 aromatic rings. The van der Waals surface area contributed by atoms with Crippen molar-refractivity contribution in [3.05, 3.63) is 0 Å². The highest BCUT2D eigenvalue weighted by atomic mass is 16.3. The van der Waals surface area contributed by atoms with Crippen molar-refractivity contribution in [2.45, 2.75) is 43.9 Å². The maximum absolute atomic E-state index is 9.62. The predicted octanol–water partition coefficient (Wildman–Crippen LogP) is 0.111. The second-order valence-corrected chi connectivity index (χ2v) is 4.80. The Kier molecular flexibility index (Phi) is 2.34. The zero-order valence-corrected chi connectivity index (χ0v) is 8.32. The fraction of sp³-hybridized carbons (Fsp3) is 1.00. The van der Waals surface area contributed by atoms with Crippen LogP contribution in [0.4, 0.5) is 0 Å². The van der Waals surface area contributed by atoms with Crippen LogP contribution < -0.4 is 0 Å². The maximum atomic E-state index is 9.62. The lowest BCUT2D eigenvalue weighted by Crippen LogP contribution is -2.59. The summed E-state index contributed by atoms with van der Waals surface area (Å²) in [5.41, 5.74) is 0. The third kappa shape index (κ3) is 1.39. The predicted molar refractivity (Wildman–Crippen MR) is 50.2 cm³/mol. The van der Waals surface area contributed by atoms with Gasteiger partial charge in [-0.3, -0.25) is 0 Å². The van der Waals surface area contributed by atoms with Crippen molar-refractivity contribution in [3.63, 3.8) is 0 Å². The van der Waals surface area contributed by atoms with E-state index in [4.69, 9.17) is 5.11 Å². The first kappa shape index (κ1) is 9.44. The Bertz CT molecular complexity index is 181. The third-order valence-corrected chi connectivity index (χ3v) is 4.17. The van der Waals surface area contributed by atoms with E-state index in [2.05, 4.69) is 7.05 Å². The van der Waals surface area contributed by atoms with Crippen molar-refractivity contribution in [1.82, 2.24) is 0 Å². The lowest BCUT2D eigenvalue weighted by atomic mass is 9.97. The van der Waals surface area contributed by atoms with Gasteiger partial charge in [-0.05, 0) is 0 Å². The van der Waals surface area contributed by atoms with Gasteiger partial charge in [-0.2, -0.15) is 0 Å². The highest BCUT2D eigenvalue weighted by Gasteiger charge is 2.50. The number of aliphatic hydroxyl groups is 2. The zero-order chi connectivity index (χ0) is 9.47. The lowest BCUT2D eigenvalue weighted by molar-refractivity contribution is -0.949. The first-order valence-corrected chi connectivity index (χ1v) is 5.30. The van der Waals surface area contributed by atoms with E-state index in [1.807, 2.05) is 0 Å². The van der Waals surface area contributed by atoms with E-state index in [0.717, 1.165) is 23.9 Å². The Balaban J connectivity index is 2.13. The lowest BCUT2D eigenvalue weighted by Gasteiger charge is -2.45. The van der Waals surface area contributed by atoms with Crippen LogP contribution in [0.1, 0.15) is 25.7 Å². The van der Waals surface area contributed by atoms with Crippen molar-refractivity contribution >= 4 is 0 Å². The van der Waals surface area contributed by atoms with E-state index < -0.39 is 0 Å². The van der Waals surface area contributed by atoms with Gasteiger partial charge in [0.25, 0.3) is 0 Å². The maximum Gasteiger partial charge on any atom is 0.102 e. The molecule has 13 heavy (non-hydrogen) atoms. The van der Waals surface area contributed by atoms with Crippen molar-refractivity contribution in [3.8, 4) is 0 Å². The summed E-state index contributed by atoms with van der Waals surface area (Å²) in [5.74, 6) is 0. The molecule has 2 saturated heterocycles. The largest absolute Gasteiger partial charge is 0.393 e. The SMILES string of the molecule is C[N+]1(CCO)[C@H]2CC[C@H]1CC(O)C2. The van der Waals surface area contributed by atoms with Gasteiger partial charge in [-0.25, -0.2) is 0 Å². The Morgan fingerprint density at radius 2 is 1.77 bits per heavy atom. The van der Waals surface area contributed by atoms with Crippen molar-refractivity contribution in [1.29, 1.82) is 0 Å². The Labute approximate surface area is 79.6 Å². The van der Waals surface area contributed by atoms with E-state index >= 15 is 0 Å². The summed E-state index contributed by atoms with van der Waals surface area (Å²) < 4.78 is 1.01. The molecule has 0 aromatic carbocycles. The molecule has 0 saturated carbocycles. The topological polar surface area (TPSA) is 40.5 Å². The number of quaternary nitrogens is 1. The number of hydrogen-bond donors (Lipinski definition) is 2. The fourth-order valence-corrected chi connectivity index (χ4v) is 3.30. The molecule has 0 amide bonds. The van der Waals surface area contributed by atoms with Crippen LogP contribution in [0.15, 0.2) is 0 Å². The molecule has 2 fully saturated rings. The van der Waals surface area contributed by atoms with Gasteiger partial charge in [0.15, 0.2) is 0 Å². The number of fused-ring (bicyclic) bond motifs is 2. The number of likely N-dealkylation sites (N-methyl/N-ethyl adjacent to an activating group) is 1. The van der Waals surface area contributed by atoms with Crippen molar-refractivity contribution in [2.75, 3.05) is 20.2 Å². The molecule has 2 N–H and O–H groups in total. The van der Waals surface area contributed by atoms with E-state index in [-0.39, 0.29) is 12.7 Å². The molecule has 0 spiro atoms. The second-order valence-electron chi connectivity index (χ2n) is 4.80. The molecule has 3 nitrogen and oxygen atoms in total. The standard InChI is InChI=1S/C10H20NO2/c1-11(4-5-12)8-2-3-9(11)7-10(13)6-8/h8-10,12-13H,2-7H2,1H3/q+1/t8-,9-,10?,11?/m0/s1. The first-order valence-electron chi connectivity index (χ1n) is 5.30. The Morgan fingerprint density at radius 3 is 2.23 bits per heavy atom. The number of piperidine rings is 1. The molecule has 0 unspecified atom stereocenters. The van der Waals surface area contributed by atoms with Crippen LogP contribution in [0, 0.1) is 0 Å². The quantitative estimate of drug-likeness (QED) is 0.601. The minimum Gasteiger partial charge on any atom is -0.393 e. The Hall–Kier alpha value is -0.120. The van der Waals surface area contributed by atoms with Crippen LogP contribution in [-0.2, 0) is 0 Å². The van der Waals surface area contributed by atoms with Crippen LogP contribution >= 0.6 is 0 Å². The monoisotopic (exact) mass is 186 g/mol. The van der Waals surface area contributed by atoms with Crippen LogP contribution in [0.3, 0.4) is 0 Å². The minimum absolute atomic E-state index is 0.0811. The third-order valence-electron chi connectivity index (χ3n) is 4.17. The van der Waals surface area contributed by atoms with Crippen molar-refractivity contribution in [2.24, 2.45) is 0 Å². The summed E-state index contributed by atoms with van der Waals surface area (Å²) in [4.78, 5) is 0. The van der Waals surface area contributed by atoms with Gasteiger partial charge >= 0.3 is 0 Å². The highest BCUT2D eigenvalue weighted by molar-refractivity contribution is 4.85. The highest BCUT2D eigenvalue weighted by Crippen LogP contribution is 2.40. The molecule has 2 atom stereocenters. The first-order chi connectivity index (χ1) is 6.16. The van der Waals surface area contributed by atoms with Crippen LogP contribution in [0.5, 0.6) is 0 Å². The van der Waals surface area contributed by atoms with Gasteiger partial charge in [0.2, 0.25) is 0 Å². The molecule has 2 aliphatic heterocycles. The number of hydrogen-bond acceptors (Lipinski definition) is 2. The second kappa shape index (κ2) is 3.23. The molecular weight excluding hydrogens is 166 g/mol. The van der Waals surface area contributed by atoms with E-state index in [0.29, 0.717) is 12.1 Å². The zero-order valence-electron chi connectivity index (χ0n) is 8.32. The fourth-order valence-electron chi connectivity index (χ4n) is 3.30. The molecule has 0 radical (unpaired) electrons. The van der Waals surface area contributed by atoms with Crippen LogP contribution in [0.2, 0.25) is 0 Å². The number of nitrogens with zero attached hydrogens (tertiary/aromatic N) is 1. The van der Waals surface area contributed by atoms with Gasteiger partial charge in [-0.15, -0.1) is 0 Å². The molecule has 2 bridgehead atoms. The van der Waals surface area contributed by atoms with Gasteiger partial charge in [0.05, 0.1) is 31.8 Å². The minimum atomic E-state index is -0.0811. The van der Waals surface area contributed by atoms with E-state index in [1.165, 1.54) is 12.8 Å². The van der Waals surface area contributed by atoms with Crippen LogP contribution in [0.25, 0.3) is 0 Å². The average molecular weight is 186 g/mol. The summed E-state index contributed by atoms with van der Waals surface area (Å²) in [5, 5.41) is 18.7. The van der Waals surface area contributed by atoms with E-state index in [1.54, 1.807) is 0 Å². The van der Waals surface area contributed by atoms with Crippen molar-refractivity contribution < 1.29 is 14.7 Å². The molecular formula is C10H20NO2+. The molecule has 76 valence electrons.